The highest BCUT2D eigenvalue weighted by Gasteiger charge is 2.08. The Labute approximate surface area is 172 Å². The fraction of sp³-hybridized carbons (Fsp3) is 0.714. The molecule has 0 atom stereocenters. The predicted molar refractivity (Wildman–Crippen MR) is 117 cm³/mol. The number of para-hydroxylation sites is 1. The summed E-state index contributed by atoms with van der Waals surface area (Å²) in [5.74, 6) is 0. The van der Waals surface area contributed by atoms with E-state index < -0.39 is 15.0 Å². The van der Waals surface area contributed by atoms with Crippen LogP contribution in [0.15, 0.2) is 23.1 Å². The van der Waals surface area contributed by atoms with Gasteiger partial charge in [-0.3, -0.25) is 0 Å². The minimum absolute atomic E-state index is 0.0897. The van der Waals surface area contributed by atoms with Crippen LogP contribution in [0.2, 0.25) is 0 Å². The summed E-state index contributed by atoms with van der Waals surface area (Å²) in [6.07, 6.45) is 12.6. The second-order valence-electron chi connectivity index (χ2n) is 7.33. The molecule has 0 saturated heterocycles. The number of nitrogen functional groups attached to an aromatic ring is 2. The lowest BCUT2D eigenvalue weighted by Crippen LogP contribution is -3.12. The van der Waals surface area contributed by atoms with Crippen molar-refractivity contribution in [1.82, 2.24) is 0 Å². The summed E-state index contributed by atoms with van der Waals surface area (Å²) in [6, 6.07) is 3.90. The second kappa shape index (κ2) is 15.6. The number of rotatable bonds is 13. The Hall–Kier alpha value is -1.31. The number of unbranched alkanes of at least 4 members (excludes halogenated alkanes) is 6. The van der Waals surface area contributed by atoms with Crippen LogP contribution in [0, 0.1) is 0 Å². The second-order valence-corrected chi connectivity index (χ2v) is 8.68. The average Bonchev–Trinajstić information content (AvgIpc) is 2.64. The molecule has 0 heterocycles. The maximum atomic E-state index is 10.5. The molecule has 6 nitrogen and oxygen atoms in total. The highest BCUT2D eigenvalue weighted by Crippen LogP contribution is 2.23. The van der Waals surface area contributed by atoms with Crippen molar-refractivity contribution in [3.63, 3.8) is 0 Å². The lowest BCUT2D eigenvalue weighted by molar-refractivity contribution is -0.900. The van der Waals surface area contributed by atoms with Gasteiger partial charge in [0.1, 0.15) is 10.1 Å². The summed E-state index contributed by atoms with van der Waals surface area (Å²) in [7, 11) is -4.51. The molecule has 0 aliphatic rings. The third-order valence-electron chi connectivity index (χ3n) is 4.77. The van der Waals surface area contributed by atoms with Gasteiger partial charge in [-0.05, 0) is 50.7 Å². The molecule has 0 amide bonds. The Morgan fingerprint density at radius 1 is 0.821 bits per heavy atom. The van der Waals surface area contributed by atoms with Crippen LogP contribution < -0.4 is 16.4 Å². The minimum atomic E-state index is -4.51. The zero-order valence-electron chi connectivity index (χ0n) is 18.0. The van der Waals surface area contributed by atoms with Crippen LogP contribution in [0.25, 0.3) is 0 Å². The van der Waals surface area contributed by atoms with Crippen molar-refractivity contribution >= 4 is 21.5 Å². The van der Waals surface area contributed by atoms with Crippen molar-refractivity contribution in [2.45, 2.75) is 83.5 Å². The normalized spacial score (nSPS) is 11.3. The van der Waals surface area contributed by atoms with Crippen LogP contribution >= 0.6 is 0 Å². The van der Waals surface area contributed by atoms with Gasteiger partial charge < -0.3 is 20.9 Å². The molecule has 0 bridgehead atoms. The number of quaternary nitrogens is 1. The van der Waals surface area contributed by atoms with E-state index in [1.54, 1.807) is 0 Å². The van der Waals surface area contributed by atoms with Crippen LogP contribution in [0.3, 0.4) is 0 Å². The van der Waals surface area contributed by atoms with Gasteiger partial charge in [-0.25, -0.2) is 8.42 Å². The first-order valence-corrected chi connectivity index (χ1v) is 12.1. The molecule has 28 heavy (non-hydrogen) atoms. The van der Waals surface area contributed by atoms with E-state index in [2.05, 4.69) is 20.8 Å². The zero-order chi connectivity index (χ0) is 21.4. The Morgan fingerprint density at radius 3 is 1.57 bits per heavy atom. The number of benzene rings is 1. The highest BCUT2D eigenvalue weighted by atomic mass is 32.2. The molecule has 0 aliphatic heterocycles. The van der Waals surface area contributed by atoms with Crippen LogP contribution in [-0.2, 0) is 10.1 Å². The Balaban J connectivity index is 0.000000540. The van der Waals surface area contributed by atoms with Crippen LogP contribution in [0.5, 0.6) is 0 Å². The molecule has 164 valence electrons. The lowest BCUT2D eigenvalue weighted by Gasteiger charge is -2.19. The van der Waals surface area contributed by atoms with Crippen molar-refractivity contribution < 1.29 is 17.9 Å². The number of hydrogen-bond donors (Lipinski definition) is 3. The van der Waals surface area contributed by atoms with Gasteiger partial charge in [-0.2, -0.15) is 0 Å². The monoisotopic (exact) mass is 415 g/mol. The van der Waals surface area contributed by atoms with Gasteiger partial charge in [-0.1, -0.05) is 46.1 Å². The van der Waals surface area contributed by atoms with E-state index >= 15 is 0 Å². The van der Waals surface area contributed by atoms with E-state index in [9.17, 15) is 13.0 Å². The van der Waals surface area contributed by atoms with Gasteiger partial charge in [-0.15, -0.1) is 0 Å². The molecular formula is C21H41N3O3S. The highest BCUT2D eigenvalue weighted by molar-refractivity contribution is 7.86. The predicted octanol–water partition coefficient (Wildman–Crippen LogP) is 3.20. The zero-order valence-corrected chi connectivity index (χ0v) is 18.8. The Bertz CT molecular complexity index is 598. The third-order valence-corrected chi connectivity index (χ3v) is 5.67. The maximum absolute atomic E-state index is 10.5. The maximum Gasteiger partial charge on any atom is 0.126 e. The van der Waals surface area contributed by atoms with E-state index in [1.165, 1.54) is 89.6 Å². The summed E-state index contributed by atoms with van der Waals surface area (Å²) in [4.78, 5) is 1.40. The van der Waals surface area contributed by atoms with Crippen LogP contribution in [0.4, 0.5) is 11.4 Å². The van der Waals surface area contributed by atoms with Crippen molar-refractivity contribution in [3.8, 4) is 0 Å². The molecule has 5 N–H and O–H groups in total. The number of anilines is 2. The molecule has 1 aromatic carbocycles. The molecule has 1 rings (SSSR count). The minimum Gasteiger partial charge on any atom is -0.744 e. The van der Waals surface area contributed by atoms with Gasteiger partial charge in [0.2, 0.25) is 0 Å². The Morgan fingerprint density at radius 2 is 1.25 bits per heavy atom. The molecule has 7 heteroatoms. The molecule has 0 aliphatic carbocycles. The van der Waals surface area contributed by atoms with Gasteiger partial charge in [0.05, 0.1) is 35.9 Å². The van der Waals surface area contributed by atoms with Gasteiger partial charge in [0, 0.05) is 0 Å². The SMILES string of the molecule is CCCCC[NH+](CCCCC)CCCCC.Nc1cccc(S(=O)(=O)[O-])c1N. The molecule has 1 aromatic rings. The average molecular weight is 416 g/mol. The number of hydrogen-bond acceptors (Lipinski definition) is 5. The van der Waals surface area contributed by atoms with Gasteiger partial charge in [0.15, 0.2) is 0 Å². The number of nitrogens with one attached hydrogen (secondary N) is 1. The molecular weight excluding hydrogens is 374 g/mol. The first-order valence-electron chi connectivity index (χ1n) is 10.7. The summed E-state index contributed by atoms with van der Waals surface area (Å²) in [5, 5.41) is 0. The quantitative estimate of drug-likeness (QED) is 0.260. The fourth-order valence-corrected chi connectivity index (χ4v) is 3.66. The first-order chi connectivity index (χ1) is 13.3. The smallest absolute Gasteiger partial charge is 0.126 e. The van der Waals surface area contributed by atoms with Crippen molar-refractivity contribution in [3.05, 3.63) is 18.2 Å². The first kappa shape index (κ1) is 26.7. The molecule has 0 spiro atoms. The summed E-state index contributed by atoms with van der Waals surface area (Å²) in [6.45, 7) is 11.2. The molecule has 0 radical (unpaired) electrons. The molecule has 0 saturated carbocycles. The van der Waals surface area contributed by atoms with E-state index in [-0.39, 0.29) is 11.4 Å². The third kappa shape index (κ3) is 12.2. The van der Waals surface area contributed by atoms with E-state index in [4.69, 9.17) is 11.5 Å². The van der Waals surface area contributed by atoms with E-state index in [0.29, 0.717) is 0 Å². The molecule has 0 aromatic heterocycles. The van der Waals surface area contributed by atoms with Crippen molar-refractivity contribution in [1.29, 1.82) is 0 Å². The topological polar surface area (TPSA) is 114 Å². The standard InChI is InChI=1S/C15H33N.C6H8N2O3S/c1-4-7-10-13-16(14-11-8-5-2)15-12-9-6-3;7-4-2-1-3-5(6(4)8)12(9,10)11/h4-15H2,1-3H3;1-3H,7-8H2,(H,9,10,11). The van der Waals surface area contributed by atoms with Gasteiger partial charge >= 0.3 is 0 Å². The Kier molecular flexibility index (Phi) is 14.9. The van der Waals surface area contributed by atoms with Crippen LogP contribution in [-0.4, -0.2) is 32.6 Å². The lowest BCUT2D eigenvalue weighted by atomic mass is 10.2. The van der Waals surface area contributed by atoms with Crippen LogP contribution in [0.1, 0.15) is 78.6 Å². The summed E-state index contributed by atoms with van der Waals surface area (Å²) >= 11 is 0. The van der Waals surface area contributed by atoms with E-state index in [0.717, 1.165) is 6.07 Å². The molecule has 0 unspecified atom stereocenters. The van der Waals surface area contributed by atoms with Crippen molar-refractivity contribution in [2.24, 2.45) is 0 Å². The number of nitrogens with two attached hydrogens (primary N) is 2. The molecule has 0 fully saturated rings. The van der Waals surface area contributed by atoms with Gasteiger partial charge in [0.25, 0.3) is 0 Å². The summed E-state index contributed by atoms with van der Waals surface area (Å²) in [5.41, 5.74) is 10.5. The summed E-state index contributed by atoms with van der Waals surface area (Å²) < 4.78 is 31.5. The fourth-order valence-electron chi connectivity index (χ4n) is 3.03. The van der Waals surface area contributed by atoms with Crippen molar-refractivity contribution in [2.75, 3.05) is 31.1 Å². The largest absolute Gasteiger partial charge is 0.744 e. The van der Waals surface area contributed by atoms with E-state index in [1.807, 2.05) is 4.90 Å².